The number of ether oxygens (including phenoxy) is 1. The zero-order valence-corrected chi connectivity index (χ0v) is 12.8. The van der Waals surface area contributed by atoms with E-state index in [2.05, 4.69) is 11.9 Å². The molecule has 0 aliphatic heterocycles. The van der Waals surface area contributed by atoms with Gasteiger partial charge in [0, 0.05) is 6.20 Å². The second-order valence-electron chi connectivity index (χ2n) is 5.39. The number of hydrogen-bond donors (Lipinski definition) is 1. The SMILES string of the molecule is CCCCCCCCCCCCOc1ccc[nH]c1=O. The van der Waals surface area contributed by atoms with Crippen LogP contribution in [0.15, 0.2) is 23.1 Å². The molecule has 1 aromatic rings. The standard InChI is InChI=1S/C17H29NO2/c1-2-3-4-5-6-7-8-9-10-11-15-20-16-13-12-14-18-17(16)19/h12-14H,2-11,15H2,1H3,(H,18,19). The van der Waals surface area contributed by atoms with Gasteiger partial charge in [-0.1, -0.05) is 64.7 Å². The maximum absolute atomic E-state index is 11.4. The fourth-order valence-corrected chi connectivity index (χ4v) is 2.29. The summed E-state index contributed by atoms with van der Waals surface area (Å²) >= 11 is 0. The number of hydrogen-bond acceptors (Lipinski definition) is 2. The number of aromatic nitrogens is 1. The lowest BCUT2D eigenvalue weighted by Crippen LogP contribution is -2.10. The molecule has 3 heteroatoms. The van der Waals surface area contributed by atoms with Crippen LogP contribution in [0.3, 0.4) is 0 Å². The molecule has 0 fully saturated rings. The molecule has 0 saturated carbocycles. The Morgan fingerprint density at radius 3 is 2.15 bits per heavy atom. The number of pyridine rings is 1. The molecule has 1 N–H and O–H groups in total. The van der Waals surface area contributed by atoms with E-state index in [4.69, 9.17) is 4.74 Å². The molecule has 1 aromatic heterocycles. The van der Waals surface area contributed by atoms with Gasteiger partial charge in [0.2, 0.25) is 0 Å². The van der Waals surface area contributed by atoms with Crippen LogP contribution in [0.4, 0.5) is 0 Å². The maximum Gasteiger partial charge on any atom is 0.290 e. The molecule has 0 aliphatic carbocycles. The van der Waals surface area contributed by atoms with Crippen LogP contribution in [-0.2, 0) is 0 Å². The van der Waals surface area contributed by atoms with Crippen molar-refractivity contribution in [3.05, 3.63) is 28.7 Å². The normalized spacial score (nSPS) is 10.7. The molecule has 0 aliphatic rings. The van der Waals surface area contributed by atoms with Crippen molar-refractivity contribution in [2.24, 2.45) is 0 Å². The Kier molecular flexibility index (Phi) is 9.72. The Morgan fingerprint density at radius 2 is 1.55 bits per heavy atom. The molecule has 0 spiro atoms. The van der Waals surface area contributed by atoms with Gasteiger partial charge in [-0.2, -0.15) is 0 Å². The van der Waals surface area contributed by atoms with Crippen molar-refractivity contribution in [1.29, 1.82) is 0 Å². The van der Waals surface area contributed by atoms with Crippen LogP contribution >= 0.6 is 0 Å². The second kappa shape index (κ2) is 11.6. The van der Waals surface area contributed by atoms with Gasteiger partial charge in [-0.25, -0.2) is 0 Å². The van der Waals surface area contributed by atoms with E-state index in [0.29, 0.717) is 12.4 Å². The summed E-state index contributed by atoms with van der Waals surface area (Å²) in [7, 11) is 0. The first-order chi connectivity index (χ1) is 9.84. The van der Waals surface area contributed by atoms with Gasteiger partial charge in [0.05, 0.1) is 6.61 Å². The van der Waals surface area contributed by atoms with E-state index >= 15 is 0 Å². The third-order valence-corrected chi connectivity index (χ3v) is 3.54. The summed E-state index contributed by atoms with van der Waals surface area (Å²) in [6.45, 7) is 2.90. The van der Waals surface area contributed by atoms with Crippen molar-refractivity contribution >= 4 is 0 Å². The minimum absolute atomic E-state index is 0.139. The van der Waals surface area contributed by atoms with Crippen molar-refractivity contribution < 1.29 is 4.74 Å². The summed E-state index contributed by atoms with van der Waals surface area (Å²) in [6.07, 6.45) is 14.7. The number of unbranched alkanes of at least 4 members (excludes halogenated alkanes) is 9. The Bertz CT molecular complexity index is 387. The smallest absolute Gasteiger partial charge is 0.290 e. The van der Waals surface area contributed by atoms with Gasteiger partial charge in [-0.05, 0) is 18.6 Å². The van der Waals surface area contributed by atoms with E-state index in [-0.39, 0.29) is 5.56 Å². The van der Waals surface area contributed by atoms with Crippen LogP contribution in [-0.4, -0.2) is 11.6 Å². The minimum Gasteiger partial charge on any atom is -0.488 e. The topological polar surface area (TPSA) is 42.1 Å². The quantitative estimate of drug-likeness (QED) is 0.565. The first-order valence-electron chi connectivity index (χ1n) is 8.15. The average Bonchev–Trinajstić information content (AvgIpc) is 2.46. The lowest BCUT2D eigenvalue weighted by atomic mass is 10.1. The predicted octanol–water partition coefficient (Wildman–Crippen LogP) is 4.67. The second-order valence-corrected chi connectivity index (χ2v) is 5.39. The van der Waals surface area contributed by atoms with Crippen LogP contribution in [0.1, 0.15) is 71.1 Å². The van der Waals surface area contributed by atoms with E-state index in [1.54, 1.807) is 18.3 Å². The van der Waals surface area contributed by atoms with Gasteiger partial charge < -0.3 is 9.72 Å². The van der Waals surface area contributed by atoms with Crippen LogP contribution in [0, 0.1) is 0 Å². The van der Waals surface area contributed by atoms with Gasteiger partial charge in [-0.3, -0.25) is 4.79 Å². The number of H-pyrrole nitrogens is 1. The maximum atomic E-state index is 11.4. The largest absolute Gasteiger partial charge is 0.488 e. The van der Waals surface area contributed by atoms with Crippen LogP contribution in [0.5, 0.6) is 5.75 Å². The van der Waals surface area contributed by atoms with Crippen LogP contribution in [0.2, 0.25) is 0 Å². The number of rotatable bonds is 12. The number of nitrogens with one attached hydrogen (secondary N) is 1. The fraction of sp³-hybridized carbons (Fsp3) is 0.706. The fourth-order valence-electron chi connectivity index (χ4n) is 2.29. The lowest BCUT2D eigenvalue weighted by molar-refractivity contribution is 0.300. The lowest BCUT2D eigenvalue weighted by Gasteiger charge is -2.05. The van der Waals surface area contributed by atoms with Crippen molar-refractivity contribution in [2.75, 3.05) is 6.61 Å². The first-order valence-corrected chi connectivity index (χ1v) is 8.15. The molecule has 3 nitrogen and oxygen atoms in total. The highest BCUT2D eigenvalue weighted by atomic mass is 16.5. The van der Waals surface area contributed by atoms with Gasteiger partial charge in [-0.15, -0.1) is 0 Å². The van der Waals surface area contributed by atoms with Gasteiger partial charge in [0.25, 0.3) is 5.56 Å². The summed E-state index contributed by atoms with van der Waals surface area (Å²) < 4.78 is 5.47. The van der Waals surface area contributed by atoms with Gasteiger partial charge in [0.15, 0.2) is 5.75 Å². The highest BCUT2D eigenvalue weighted by Crippen LogP contribution is 2.10. The van der Waals surface area contributed by atoms with Crippen molar-refractivity contribution in [1.82, 2.24) is 4.98 Å². The molecule has 0 aromatic carbocycles. The van der Waals surface area contributed by atoms with Crippen molar-refractivity contribution in [3.63, 3.8) is 0 Å². The van der Waals surface area contributed by atoms with Gasteiger partial charge >= 0.3 is 0 Å². The highest BCUT2D eigenvalue weighted by Gasteiger charge is 1.98. The summed E-state index contributed by atoms with van der Waals surface area (Å²) in [5, 5.41) is 0. The van der Waals surface area contributed by atoms with E-state index < -0.39 is 0 Å². The molecule has 0 amide bonds. The summed E-state index contributed by atoms with van der Waals surface area (Å²) in [5.41, 5.74) is -0.139. The molecule has 20 heavy (non-hydrogen) atoms. The Labute approximate surface area is 122 Å². The van der Waals surface area contributed by atoms with E-state index in [9.17, 15) is 4.79 Å². The summed E-state index contributed by atoms with van der Waals surface area (Å²) in [4.78, 5) is 14.0. The van der Waals surface area contributed by atoms with E-state index in [0.717, 1.165) is 6.42 Å². The molecule has 114 valence electrons. The minimum atomic E-state index is -0.139. The molecule has 0 radical (unpaired) electrons. The van der Waals surface area contributed by atoms with Crippen LogP contribution < -0.4 is 10.3 Å². The van der Waals surface area contributed by atoms with Crippen molar-refractivity contribution in [3.8, 4) is 5.75 Å². The Hall–Kier alpha value is -1.25. The highest BCUT2D eigenvalue weighted by molar-refractivity contribution is 5.15. The monoisotopic (exact) mass is 279 g/mol. The van der Waals surface area contributed by atoms with Crippen molar-refractivity contribution in [2.45, 2.75) is 71.1 Å². The van der Waals surface area contributed by atoms with E-state index in [1.807, 2.05) is 0 Å². The third-order valence-electron chi connectivity index (χ3n) is 3.54. The summed E-state index contributed by atoms with van der Waals surface area (Å²) in [6, 6.07) is 3.50. The Balaban J connectivity index is 1.88. The predicted molar refractivity (Wildman–Crippen MR) is 84.4 cm³/mol. The molecule has 0 unspecified atom stereocenters. The zero-order valence-electron chi connectivity index (χ0n) is 12.8. The molecular weight excluding hydrogens is 250 g/mol. The Morgan fingerprint density at radius 1 is 0.950 bits per heavy atom. The van der Waals surface area contributed by atoms with Gasteiger partial charge in [0.1, 0.15) is 0 Å². The summed E-state index contributed by atoms with van der Waals surface area (Å²) in [5.74, 6) is 0.434. The van der Waals surface area contributed by atoms with E-state index in [1.165, 1.54) is 57.8 Å². The first kappa shape index (κ1) is 16.8. The molecule has 1 rings (SSSR count). The molecule has 0 bridgehead atoms. The van der Waals surface area contributed by atoms with Crippen LogP contribution in [0.25, 0.3) is 0 Å². The number of aromatic amines is 1. The average molecular weight is 279 g/mol. The molecule has 0 saturated heterocycles. The molecule has 1 heterocycles. The zero-order chi connectivity index (χ0) is 14.5. The molecule has 0 atom stereocenters. The molecular formula is C17H29NO2. The third kappa shape index (κ3) is 8.03.